The molecule has 19 heavy (non-hydrogen) atoms. The minimum atomic E-state index is -0.775. The molecule has 0 aliphatic carbocycles. The molecule has 5 nitrogen and oxygen atoms in total. The van der Waals surface area contributed by atoms with Crippen molar-refractivity contribution in [3.63, 3.8) is 0 Å². The fourth-order valence-corrected chi connectivity index (χ4v) is 3.83. The summed E-state index contributed by atoms with van der Waals surface area (Å²) in [6.07, 6.45) is 3.55. The number of carbonyl (C=O) groups excluding carboxylic acids is 1. The van der Waals surface area contributed by atoms with Crippen molar-refractivity contribution in [2.75, 3.05) is 37.7 Å². The molecule has 0 aromatic heterocycles. The zero-order valence-corrected chi connectivity index (χ0v) is 12.0. The molecule has 0 aromatic rings. The summed E-state index contributed by atoms with van der Waals surface area (Å²) in [5.41, 5.74) is 0. The standard InChI is InChI=1S/C13H22N2O3S/c16-12(14-4-2-1-3-5-14)9-15-6-7-19-10-11(15)8-13(17)18/h11H,1-10H2,(H,17,18). The van der Waals surface area contributed by atoms with Crippen LogP contribution in [-0.4, -0.2) is 70.5 Å². The molecule has 2 aliphatic heterocycles. The average Bonchev–Trinajstić information content (AvgIpc) is 2.41. The van der Waals surface area contributed by atoms with Crippen LogP contribution in [0.1, 0.15) is 25.7 Å². The number of likely N-dealkylation sites (tertiary alicyclic amines) is 1. The van der Waals surface area contributed by atoms with Crippen molar-refractivity contribution in [3.8, 4) is 0 Å². The maximum absolute atomic E-state index is 12.2. The Morgan fingerprint density at radius 2 is 1.89 bits per heavy atom. The van der Waals surface area contributed by atoms with Crippen LogP contribution < -0.4 is 0 Å². The Morgan fingerprint density at radius 1 is 1.16 bits per heavy atom. The highest BCUT2D eigenvalue weighted by atomic mass is 32.2. The molecule has 1 amide bonds. The highest BCUT2D eigenvalue weighted by molar-refractivity contribution is 7.99. The number of nitrogens with zero attached hydrogens (tertiary/aromatic N) is 2. The van der Waals surface area contributed by atoms with Crippen molar-refractivity contribution < 1.29 is 14.7 Å². The number of hydrogen-bond donors (Lipinski definition) is 1. The largest absolute Gasteiger partial charge is 0.481 e. The molecule has 2 saturated heterocycles. The fourth-order valence-electron chi connectivity index (χ4n) is 2.70. The molecular formula is C13H22N2O3S. The number of rotatable bonds is 4. The van der Waals surface area contributed by atoms with Crippen molar-refractivity contribution in [1.82, 2.24) is 9.80 Å². The van der Waals surface area contributed by atoms with Crippen LogP contribution >= 0.6 is 11.8 Å². The molecule has 1 atom stereocenters. The Morgan fingerprint density at radius 3 is 2.58 bits per heavy atom. The Balaban J connectivity index is 1.87. The lowest BCUT2D eigenvalue weighted by molar-refractivity contribution is -0.140. The number of aliphatic carboxylic acids is 1. The molecule has 2 rings (SSSR count). The Labute approximate surface area is 118 Å². The van der Waals surface area contributed by atoms with Crippen LogP contribution in [0.2, 0.25) is 0 Å². The van der Waals surface area contributed by atoms with E-state index in [-0.39, 0.29) is 18.4 Å². The van der Waals surface area contributed by atoms with Crippen LogP contribution in [0.15, 0.2) is 0 Å². The van der Waals surface area contributed by atoms with Gasteiger partial charge in [-0.05, 0) is 19.3 Å². The van der Waals surface area contributed by atoms with Gasteiger partial charge in [-0.25, -0.2) is 0 Å². The Kier molecular flexibility index (Phi) is 5.51. The van der Waals surface area contributed by atoms with E-state index in [1.54, 1.807) is 11.8 Å². The predicted molar refractivity (Wildman–Crippen MR) is 75.4 cm³/mol. The number of hydrogen-bond acceptors (Lipinski definition) is 4. The molecule has 2 heterocycles. The first-order chi connectivity index (χ1) is 9.16. The second-order valence-corrected chi connectivity index (χ2v) is 6.39. The SMILES string of the molecule is O=C(O)CC1CSCCN1CC(=O)N1CCCCC1. The van der Waals surface area contributed by atoms with Crippen molar-refractivity contribution in [1.29, 1.82) is 0 Å². The van der Waals surface area contributed by atoms with Crippen LogP contribution in [0.5, 0.6) is 0 Å². The topological polar surface area (TPSA) is 60.9 Å². The summed E-state index contributed by atoms with van der Waals surface area (Å²) in [5, 5.41) is 8.94. The maximum atomic E-state index is 12.2. The van der Waals surface area contributed by atoms with E-state index in [2.05, 4.69) is 4.90 Å². The number of thioether (sulfide) groups is 1. The number of carbonyl (C=O) groups is 2. The summed E-state index contributed by atoms with van der Waals surface area (Å²) >= 11 is 1.78. The fraction of sp³-hybridized carbons (Fsp3) is 0.846. The first kappa shape index (κ1) is 14.7. The van der Waals surface area contributed by atoms with E-state index >= 15 is 0 Å². The van der Waals surface area contributed by atoms with Crippen LogP contribution in [0, 0.1) is 0 Å². The molecule has 0 radical (unpaired) electrons. The van der Waals surface area contributed by atoms with Gasteiger partial charge in [-0.1, -0.05) is 0 Å². The van der Waals surface area contributed by atoms with Crippen molar-refractivity contribution in [3.05, 3.63) is 0 Å². The summed E-state index contributed by atoms with van der Waals surface area (Å²) < 4.78 is 0. The van der Waals surface area contributed by atoms with Gasteiger partial charge in [0.2, 0.25) is 5.91 Å². The van der Waals surface area contributed by atoms with Crippen molar-refractivity contribution in [2.45, 2.75) is 31.7 Å². The highest BCUT2D eigenvalue weighted by Gasteiger charge is 2.28. The highest BCUT2D eigenvalue weighted by Crippen LogP contribution is 2.19. The van der Waals surface area contributed by atoms with Crippen LogP contribution in [-0.2, 0) is 9.59 Å². The van der Waals surface area contributed by atoms with Gasteiger partial charge in [-0.2, -0.15) is 11.8 Å². The van der Waals surface area contributed by atoms with Gasteiger partial charge in [0.25, 0.3) is 0 Å². The monoisotopic (exact) mass is 286 g/mol. The second kappa shape index (κ2) is 7.14. The first-order valence-corrected chi connectivity index (χ1v) is 8.13. The number of amides is 1. The zero-order valence-electron chi connectivity index (χ0n) is 11.2. The molecule has 0 aromatic carbocycles. The number of carboxylic acid groups (broad SMARTS) is 1. The van der Waals surface area contributed by atoms with E-state index in [0.717, 1.165) is 44.0 Å². The van der Waals surface area contributed by atoms with Crippen molar-refractivity contribution >= 4 is 23.6 Å². The number of piperidine rings is 1. The molecule has 0 spiro atoms. The Bertz CT molecular complexity index is 332. The van der Waals surface area contributed by atoms with E-state index < -0.39 is 5.97 Å². The number of carboxylic acids is 1. The molecule has 108 valence electrons. The minimum absolute atomic E-state index is 0.00462. The molecule has 0 bridgehead atoms. The smallest absolute Gasteiger partial charge is 0.304 e. The zero-order chi connectivity index (χ0) is 13.7. The Hall–Kier alpha value is -0.750. The summed E-state index contributed by atoms with van der Waals surface area (Å²) in [6.45, 7) is 2.94. The molecule has 1 unspecified atom stereocenters. The van der Waals surface area contributed by atoms with Crippen molar-refractivity contribution in [2.24, 2.45) is 0 Å². The molecule has 1 N–H and O–H groups in total. The van der Waals surface area contributed by atoms with E-state index in [4.69, 9.17) is 5.11 Å². The van der Waals surface area contributed by atoms with Crippen LogP contribution in [0.4, 0.5) is 0 Å². The van der Waals surface area contributed by atoms with Crippen LogP contribution in [0.25, 0.3) is 0 Å². The van der Waals surface area contributed by atoms with Gasteiger partial charge in [0, 0.05) is 37.2 Å². The van der Waals surface area contributed by atoms with Gasteiger partial charge in [-0.3, -0.25) is 14.5 Å². The quantitative estimate of drug-likeness (QED) is 0.832. The lowest BCUT2D eigenvalue weighted by Crippen LogP contribution is -2.50. The van der Waals surface area contributed by atoms with Gasteiger partial charge < -0.3 is 10.0 Å². The van der Waals surface area contributed by atoms with E-state index in [1.807, 2.05) is 4.90 Å². The molecule has 6 heteroatoms. The van der Waals surface area contributed by atoms with E-state index in [0.29, 0.717) is 6.54 Å². The summed E-state index contributed by atoms with van der Waals surface area (Å²) in [6, 6.07) is 0.00462. The molecular weight excluding hydrogens is 264 g/mol. The molecule has 2 fully saturated rings. The third-order valence-corrected chi connectivity index (χ3v) is 4.90. The van der Waals surface area contributed by atoms with Crippen LogP contribution in [0.3, 0.4) is 0 Å². The summed E-state index contributed by atoms with van der Waals surface area (Å²) in [4.78, 5) is 27.1. The lowest BCUT2D eigenvalue weighted by atomic mass is 10.1. The average molecular weight is 286 g/mol. The van der Waals surface area contributed by atoms with Gasteiger partial charge in [0.15, 0.2) is 0 Å². The van der Waals surface area contributed by atoms with Gasteiger partial charge in [-0.15, -0.1) is 0 Å². The third kappa shape index (κ3) is 4.38. The summed E-state index contributed by atoms with van der Waals surface area (Å²) in [5.74, 6) is 1.20. The van der Waals surface area contributed by atoms with Gasteiger partial charge >= 0.3 is 5.97 Å². The molecule has 0 saturated carbocycles. The lowest BCUT2D eigenvalue weighted by Gasteiger charge is -2.36. The molecule has 2 aliphatic rings. The normalized spacial score (nSPS) is 25.3. The maximum Gasteiger partial charge on any atom is 0.304 e. The first-order valence-electron chi connectivity index (χ1n) is 6.98. The van der Waals surface area contributed by atoms with E-state index in [1.165, 1.54) is 6.42 Å². The summed E-state index contributed by atoms with van der Waals surface area (Å²) in [7, 11) is 0. The van der Waals surface area contributed by atoms with Gasteiger partial charge in [0.1, 0.15) is 0 Å². The predicted octanol–water partition coefficient (Wildman–Crippen LogP) is 0.891. The minimum Gasteiger partial charge on any atom is -0.481 e. The van der Waals surface area contributed by atoms with E-state index in [9.17, 15) is 9.59 Å². The third-order valence-electron chi connectivity index (χ3n) is 3.81. The van der Waals surface area contributed by atoms with Gasteiger partial charge in [0.05, 0.1) is 13.0 Å². The second-order valence-electron chi connectivity index (χ2n) is 5.24.